The van der Waals surface area contributed by atoms with E-state index in [1.165, 1.54) is 0 Å². The Morgan fingerprint density at radius 3 is 1.91 bits per heavy atom. The van der Waals surface area contributed by atoms with Gasteiger partial charge in [0.1, 0.15) is 5.54 Å². The number of nitrogens with two attached hydrogens (primary N) is 1. The van der Waals surface area contributed by atoms with E-state index < -0.39 is 24.5 Å². The van der Waals surface area contributed by atoms with E-state index >= 15 is 0 Å². The Hall–Kier alpha value is -0.360. The molecule has 2 nitrogen and oxygen atoms in total. The fourth-order valence-electron chi connectivity index (χ4n) is 0.355. The molecule has 1 unspecified atom stereocenters. The van der Waals surface area contributed by atoms with Crippen LogP contribution in [-0.4, -0.2) is 29.6 Å². The summed E-state index contributed by atoms with van der Waals surface area (Å²) < 4.78 is 47.7. The first-order chi connectivity index (χ1) is 4.75. The largest absolute Gasteiger partial charge is 0.394 e. The fraction of sp³-hybridized carbons (Fsp3) is 1.00. The zero-order valence-electron chi connectivity index (χ0n) is 5.82. The average Bonchev–Trinajstić information content (AvgIpc) is 1.87. The zero-order chi connectivity index (χ0) is 9.28. The molecule has 0 spiro atoms. The summed E-state index contributed by atoms with van der Waals surface area (Å²) in [5.41, 5.74) is 2.15. The number of aliphatic hydroxyl groups excluding tert-OH is 1. The van der Waals surface area contributed by atoms with Crippen LogP contribution in [0.15, 0.2) is 0 Å². The van der Waals surface area contributed by atoms with Gasteiger partial charge in [-0.2, -0.15) is 8.78 Å². The van der Waals surface area contributed by atoms with Gasteiger partial charge in [-0.3, -0.25) is 0 Å². The van der Waals surface area contributed by atoms with Gasteiger partial charge in [-0.05, 0) is 6.92 Å². The number of hydrogen-bond acceptors (Lipinski definition) is 2. The van der Waals surface area contributed by atoms with Crippen molar-refractivity contribution in [1.82, 2.24) is 0 Å². The van der Waals surface area contributed by atoms with Crippen molar-refractivity contribution in [1.29, 1.82) is 0 Å². The highest BCUT2D eigenvalue weighted by atomic mass is 19.3. The van der Waals surface area contributed by atoms with Gasteiger partial charge in [0.05, 0.1) is 6.61 Å². The first kappa shape index (κ1) is 10.6. The molecule has 0 aromatic heterocycles. The van der Waals surface area contributed by atoms with Crippen LogP contribution >= 0.6 is 0 Å². The molecular formula is C5H9F4NO. The van der Waals surface area contributed by atoms with Crippen LogP contribution in [-0.2, 0) is 0 Å². The standard InChI is InChI=1S/C5H9F4NO/c1-4(10,2-11)5(8,9)3(6)7/h3,11H,2,10H2,1H3. The van der Waals surface area contributed by atoms with E-state index in [4.69, 9.17) is 10.8 Å². The first-order valence-corrected chi connectivity index (χ1v) is 2.81. The van der Waals surface area contributed by atoms with Crippen molar-refractivity contribution in [2.24, 2.45) is 5.73 Å². The molecule has 11 heavy (non-hydrogen) atoms. The maximum absolute atomic E-state index is 12.3. The molecule has 0 radical (unpaired) electrons. The summed E-state index contributed by atoms with van der Waals surface area (Å²) in [6.45, 7) is -0.524. The third-order valence-electron chi connectivity index (χ3n) is 1.36. The lowest BCUT2D eigenvalue weighted by Crippen LogP contribution is -2.59. The van der Waals surface area contributed by atoms with Crippen LogP contribution in [0.25, 0.3) is 0 Å². The van der Waals surface area contributed by atoms with E-state index in [0.717, 1.165) is 0 Å². The Kier molecular flexibility index (Phi) is 2.85. The molecule has 3 N–H and O–H groups in total. The van der Waals surface area contributed by atoms with Crippen LogP contribution < -0.4 is 5.73 Å². The van der Waals surface area contributed by atoms with E-state index in [2.05, 4.69) is 0 Å². The van der Waals surface area contributed by atoms with Gasteiger partial charge >= 0.3 is 12.3 Å². The predicted molar refractivity (Wildman–Crippen MR) is 30.6 cm³/mol. The van der Waals surface area contributed by atoms with Gasteiger partial charge in [0.2, 0.25) is 0 Å². The van der Waals surface area contributed by atoms with Crippen LogP contribution in [0.4, 0.5) is 17.6 Å². The minimum atomic E-state index is -4.36. The molecule has 0 fully saturated rings. The number of hydrogen-bond donors (Lipinski definition) is 2. The lowest BCUT2D eigenvalue weighted by atomic mass is 9.96. The van der Waals surface area contributed by atoms with Crippen LogP contribution in [0.2, 0.25) is 0 Å². The topological polar surface area (TPSA) is 46.2 Å². The van der Waals surface area contributed by atoms with E-state index in [0.29, 0.717) is 6.92 Å². The van der Waals surface area contributed by atoms with Gasteiger partial charge < -0.3 is 10.8 Å². The number of halogens is 4. The molecule has 6 heteroatoms. The van der Waals surface area contributed by atoms with Gasteiger partial charge in [0.25, 0.3) is 0 Å². The van der Waals surface area contributed by atoms with Gasteiger partial charge in [-0.1, -0.05) is 0 Å². The normalized spacial score (nSPS) is 18.5. The molecule has 1 atom stereocenters. The van der Waals surface area contributed by atoms with Crippen molar-refractivity contribution < 1.29 is 22.7 Å². The maximum Gasteiger partial charge on any atom is 0.326 e. The van der Waals surface area contributed by atoms with Gasteiger partial charge in [0.15, 0.2) is 0 Å². The highest BCUT2D eigenvalue weighted by Gasteiger charge is 2.54. The zero-order valence-corrected chi connectivity index (χ0v) is 5.82. The van der Waals surface area contributed by atoms with Crippen molar-refractivity contribution >= 4 is 0 Å². The van der Waals surface area contributed by atoms with Gasteiger partial charge in [-0.25, -0.2) is 8.78 Å². The molecule has 0 saturated carbocycles. The van der Waals surface area contributed by atoms with Gasteiger partial charge in [-0.15, -0.1) is 0 Å². The Balaban J connectivity index is 4.53. The Morgan fingerprint density at radius 2 is 1.82 bits per heavy atom. The quantitative estimate of drug-likeness (QED) is 0.617. The number of aliphatic hydroxyl groups is 1. The highest BCUT2D eigenvalue weighted by Crippen LogP contribution is 2.32. The smallest absolute Gasteiger partial charge is 0.326 e. The molecule has 0 aliphatic heterocycles. The fourth-order valence-corrected chi connectivity index (χ4v) is 0.355. The molecule has 0 aliphatic rings. The molecule has 0 amide bonds. The summed E-state index contributed by atoms with van der Waals surface area (Å²) in [5, 5.41) is 8.24. The molecule has 0 bridgehead atoms. The number of rotatable bonds is 3. The summed E-state index contributed by atoms with van der Waals surface area (Å²) in [7, 11) is 0. The second kappa shape index (κ2) is 2.94. The van der Waals surface area contributed by atoms with E-state index in [1.54, 1.807) is 0 Å². The van der Waals surface area contributed by atoms with E-state index in [9.17, 15) is 17.6 Å². The van der Waals surface area contributed by atoms with Crippen LogP contribution in [0.3, 0.4) is 0 Å². The van der Waals surface area contributed by atoms with E-state index in [1.807, 2.05) is 0 Å². The maximum atomic E-state index is 12.3. The second-order valence-corrected chi connectivity index (χ2v) is 2.50. The average molecular weight is 175 g/mol. The van der Waals surface area contributed by atoms with Crippen LogP contribution in [0.5, 0.6) is 0 Å². The molecular weight excluding hydrogens is 166 g/mol. The summed E-state index contributed by atoms with van der Waals surface area (Å²) >= 11 is 0. The third-order valence-corrected chi connectivity index (χ3v) is 1.36. The van der Waals surface area contributed by atoms with Crippen LogP contribution in [0.1, 0.15) is 6.92 Å². The summed E-state index contributed by atoms with van der Waals surface area (Å²) in [6, 6.07) is 0. The summed E-state index contributed by atoms with van der Waals surface area (Å²) in [4.78, 5) is 0. The molecule has 0 aromatic rings. The SMILES string of the molecule is CC(N)(CO)C(F)(F)C(F)F. The Labute approximate surface area is 61.0 Å². The van der Waals surface area contributed by atoms with Crippen molar-refractivity contribution in [2.75, 3.05) is 6.61 Å². The predicted octanol–water partition coefficient (Wildman–Crippen LogP) is 0.597. The molecule has 0 saturated heterocycles. The Bertz CT molecular complexity index is 136. The molecule has 0 heterocycles. The lowest BCUT2D eigenvalue weighted by molar-refractivity contribution is -0.178. The third kappa shape index (κ3) is 1.81. The summed E-state index contributed by atoms with van der Waals surface area (Å²) in [6.07, 6.45) is -3.86. The highest BCUT2D eigenvalue weighted by molar-refractivity contribution is 4.95. The minimum Gasteiger partial charge on any atom is -0.394 e. The molecule has 0 aromatic carbocycles. The van der Waals surface area contributed by atoms with Crippen LogP contribution in [0, 0.1) is 0 Å². The molecule has 0 rings (SSSR count). The Morgan fingerprint density at radius 1 is 1.45 bits per heavy atom. The first-order valence-electron chi connectivity index (χ1n) is 2.81. The molecule has 68 valence electrons. The van der Waals surface area contributed by atoms with Crippen molar-refractivity contribution in [3.63, 3.8) is 0 Å². The van der Waals surface area contributed by atoms with Gasteiger partial charge in [0, 0.05) is 0 Å². The van der Waals surface area contributed by atoms with E-state index in [-0.39, 0.29) is 0 Å². The summed E-state index contributed by atoms with van der Waals surface area (Å²) in [5.74, 6) is -4.36. The van der Waals surface area contributed by atoms with Crippen molar-refractivity contribution in [3.8, 4) is 0 Å². The monoisotopic (exact) mass is 175 g/mol. The van der Waals surface area contributed by atoms with Crippen molar-refractivity contribution in [3.05, 3.63) is 0 Å². The minimum absolute atomic E-state index is 0.666. The second-order valence-electron chi connectivity index (χ2n) is 2.50. The number of alkyl halides is 4. The van der Waals surface area contributed by atoms with Crippen molar-refractivity contribution in [2.45, 2.75) is 24.8 Å². The molecule has 0 aliphatic carbocycles. The lowest BCUT2D eigenvalue weighted by Gasteiger charge is -2.30.